The molecule has 1 aromatic carbocycles. The second-order valence-corrected chi connectivity index (χ2v) is 8.00. The fourth-order valence-corrected chi connectivity index (χ4v) is 4.11. The summed E-state index contributed by atoms with van der Waals surface area (Å²) in [5, 5.41) is 8.28. The molecule has 0 fully saturated rings. The van der Waals surface area contributed by atoms with Gasteiger partial charge in [0.25, 0.3) is 0 Å². The molecular weight excluding hydrogens is 413 g/mol. The monoisotopic (exact) mass is 438 g/mol. The third kappa shape index (κ3) is 5.98. The molecule has 2 N–H and O–H groups in total. The molecule has 0 aliphatic carbocycles. The molecule has 1 aliphatic rings. The van der Waals surface area contributed by atoms with Crippen molar-refractivity contribution in [2.45, 2.75) is 39.0 Å². The first kappa shape index (κ1) is 22.1. The number of hydrogen-bond donors (Lipinski definition) is 2. The van der Waals surface area contributed by atoms with Crippen molar-refractivity contribution in [2.75, 3.05) is 19.6 Å². The summed E-state index contributed by atoms with van der Waals surface area (Å²) in [7, 11) is 0. The predicted molar refractivity (Wildman–Crippen MR) is 112 cm³/mol. The zero-order chi connectivity index (χ0) is 21.6. The van der Waals surface area contributed by atoms with E-state index in [4.69, 9.17) is 0 Å². The summed E-state index contributed by atoms with van der Waals surface area (Å²) in [4.78, 5) is 20.1. The normalized spacial score (nSPS) is 14.4. The number of amides is 1. The number of guanidine groups is 1. The van der Waals surface area contributed by atoms with E-state index in [0.717, 1.165) is 25.1 Å². The SMILES string of the molecule is CCNC(=NCc1ccc(C(F)(F)F)cc1)NCCC(=O)N1CCc2sccc2C1. The Bertz CT molecular complexity index is 877. The molecular formula is C21H25F3N4OS. The van der Waals surface area contributed by atoms with E-state index in [1.165, 1.54) is 22.6 Å². The van der Waals surface area contributed by atoms with Crippen LogP contribution >= 0.6 is 11.3 Å². The molecule has 1 amide bonds. The number of nitrogens with one attached hydrogen (secondary N) is 2. The Morgan fingerprint density at radius 1 is 1.20 bits per heavy atom. The molecule has 3 rings (SSSR count). The number of hydrogen-bond acceptors (Lipinski definition) is 3. The van der Waals surface area contributed by atoms with Gasteiger partial charge in [-0.15, -0.1) is 11.3 Å². The predicted octanol–water partition coefficient (Wildman–Crippen LogP) is 3.80. The van der Waals surface area contributed by atoms with E-state index in [1.54, 1.807) is 11.3 Å². The molecule has 2 aromatic rings. The highest BCUT2D eigenvalue weighted by molar-refractivity contribution is 7.10. The molecule has 30 heavy (non-hydrogen) atoms. The Balaban J connectivity index is 1.48. The largest absolute Gasteiger partial charge is 0.416 e. The lowest BCUT2D eigenvalue weighted by atomic mass is 10.1. The van der Waals surface area contributed by atoms with Gasteiger partial charge in [0.15, 0.2) is 5.96 Å². The quantitative estimate of drug-likeness (QED) is 0.533. The van der Waals surface area contributed by atoms with E-state index >= 15 is 0 Å². The lowest BCUT2D eigenvalue weighted by Crippen LogP contribution is -2.41. The first-order valence-electron chi connectivity index (χ1n) is 9.88. The lowest BCUT2D eigenvalue weighted by molar-refractivity contribution is -0.137. The number of carbonyl (C=O) groups excluding carboxylic acids is 1. The average Bonchev–Trinajstić information content (AvgIpc) is 3.19. The molecule has 0 atom stereocenters. The lowest BCUT2D eigenvalue weighted by Gasteiger charge is -2.27. The van der Waals surface area contributed by atoms with Crippen LogP contribution in [0.3, 0.4) is 0 Å². The highest BCUT2D eigenvalue weighted by Crippen LogP contribution is 2.29. The van der Waals surface area contributed by atoms with Crippen LogP contribution in [0.25, 0.3) is 0 Å². The third-order valence-electron chi connectivity index (χ3n) is 4.84. The van der Waals surface area contributed by atoms with E-state index in [2.05, 4.69) is 27.1 Å². The molecule has 1 aromatic heterocycles. The van der Waals surface area contributed by atoms with Crippen molar-refractivity contribution in [1.29, 1.82) is 0 Å². The number of halogens is 3. The minimum Gasteiger partial charge on any atom is -0.357 e. The first-order chi connectivity index (χ1) is 14.4. The Hall–Kier alpha value is -2.55. The van der Waals surface area contributed by atoms with Gasteiger partial charge in [-0.2, -0.15) is 13.2 Å². The molecule has 0 bridgehead atoms. The Kier molecular flexibility index (Phi) is 7.36. The second kappa shape index (κ2) is 9.97. The fraction of sp³-hybridized carbons (Fsp3) is 0.429. The summed E-state index contributed by atoms with van der Waals surface area (Å²) in [6, 6.07) is 7.04. The second-order valence-electron chi connectivity index (χ2n) is 7.00. The molecule has 9 heteroatoms. The summed E-state index contributed by atoms with van der Waals surface area (Å²) >= 11 is 1.74. The number of aliphatic imine (C=N–C) groups is 1. The minimum absolute atomic E-state index is 0.0953. The van der Waals surface area contributed by atoms with E-state index in [-0.39, 0.29) is 12.5 Å². The molecule has 5 nitrogen and oxygen atoms in total. The summed E-state index contributed by atoms with van der Waals surface area (Å²) in [5.41, 5.74) is 1.24. The van der Waals surface area contributed by atoms with Crippen molar-refractivity contribution >= 4 is 23.2 Å². The zero-order valence-corrected chi connectivity index (χ0v) is 17.6. The van der Waals surface area contributed by atoms with Gasteiger partial charge >= 0.3 is 6.18 Å². The van der Waals surface area contributed by atoms with Gasteiger partial charge in [0.2, 0.25) is 5.91 Å². The van der Waals surface area contributed by atoms with Gasteiger partial charge in [-0.1, -0.05) is 12.1 Å². The molecule has 2 heterocycles. The maximum atomic E-state index is 12.7. The molecule has 0 unspecified atom stereocenters. The summed E-state index contributed by atoms with van der Waals surface area (Å²) in [5.74, 6) is 0.627. The van der Waals surface area contributed by atoms with Crippen LogP contribution in [0.2, 0.25) is 0 Å². The number of benzene rings is 1. The van der Waals surface area contributed by atoms with Crippen molar-refractivity contribution in [3.63, 3.8) is 0 Å². The summed E-state index contributed by atoms with van der Waals surface area (Å²) in [6.45, 7) is 4.65. The van der Waals surface area contributed by atoms with Gasteiger partial charge in [-0.05, 0) is 48.1 Å². The molecule has 0 radical (unpaired) electrons. The van der Waals surface area contributed by atoms with Crippen molar-refractivity contribution in [3.05, 3.63) is 57.3 Å². The van der Waals surface area contributed by atoms with Crippen LogP contribution in [0.4, 0.5) is 13.2 Å². The van der Waals surface area contributed by atoms with Gasteiger partial charge < -0.3 is 15.5 Å². The van der Waals surface area contributed by atoms with E-state index in [9.17, 15) is 18.0 Å². The van der Waals surface area contributed by atoms with Crippen molar-refractivity contribution in [1.82, 2.24) is 15.5 Å². The van der Waals surface area contributed by atoms with Crippen LogP contribution in [0.15, 0.2) is 40.7 Å². The number of carbonyl (C=O) groups is 1. The number of nitrogens with zero attached hydrogens (tertiary/aromatic N) is 2. The minimum atomic E-state index is -4.34. The van der Waals surface area contributed by atoms with Crippen molar-refractivity contribution in [2.24, 2.45) is 4.99 Å². The van der Waals surface area contributed by atoms with Crippen molar-refractivity contribution < 1.29 is 18.0 Å². The van der Waals surface area contributed by atoms with Crippen LogP contribution in [-0.2, 0) is 30.5 Å². The zero-order valence-electron chi connectivity index (χ0n) is 16.8. The smallest absolute Gasteiger partial charge is 0.357 e. The third-order valence-corrected chi connectivity index (χ3v) is 5.86. The van der Waals surface area contributed by atoms with Gasteiger partial charge in [-0.3, -0.25) is 4.79 Å². The Labute approximate surface area is 178 Å². The van der Waals surface area contributed by atoms with Crippen LogP contribution in [0.5, 0.6) is 0 Å². The number of alkyl halides is 3. The first-order valence-corrected chi connectivity index (χ1v) is 10.8. The van der Waals surface area contributed by atoms with Crippen LogP contribution in [-0.4, -0.2) is 36.4 Å². The molecule has 0 saturated heterocycles. The maximum absolute atomic E-state index is 12.7. The van der Waals surface area contributed by atoms with Gasteiger partial charge in [0, 0.05) is 37.5 Å². The number of thiophene rings is 1. The number of fused-ring (bicyclic) bond motifs is 1. The van der Waals surface area contributed by atoms with Crippen LogP contribution < -0.4 is 10.6 Å². The van der Waals surface area contributed by atoms with Crippen molar-refractivity contribution in [3.8, 4) is 0 Å². The van der Waals surface area contributed by atoms with Gasteiger partial charge in [0.1, 0.15) is 0 Å². The highest BCUT2D eigenvalue weighted by Gasteiger charge is 2.29. The molecule has 0 spiro atoms. The molecule has 162 valence electrons. The summed E-state index contributed by atoms with van der Waals surface area (Å²) in [6.07, 6.45) is -3.09. The van der Waals surface area contributed by atoms with Crippen LogP contribution in [0, 0.1) is 0 Å². The van der Waals surface area contributed by atoms with E-state index in [0.29, 0.717) is 37.6 Å². The maximum Gasteiger partial charge on any atom is 0.416 e. The molecule has 0 saturated carbocycles. The summed E-state index contributed by atoms with van der Waals surface area (Å²) < 4.78 is 38.0. The Morgan fingerprint density at radius 3 is 2.67 bits per heavy atom. The van der Waals surface area contributed by atoms with Gasteiger partial charge in [-0.25, -0.2) is 4.99 Å². The highest BCUT2D eigenvalue weighted by atomic mass is 32.1. The fourth-order valence-electron chi connectivity index (χ4n) is 3.22. The number of rotatable bonds is 6. The average molecular weight is 439 g/mol. The molecule has 1 aliphatic heterocycles. The van der Waals surface area contributed by atoms with Gasteiger partial charge in [0.05, 0.1) is 12.1 Å². The topological polar surface area (TPSA) is 56.7 Å². The Morgan fingerprint density at radius 2 is 1.97 bits per heavy atom. The van der Waals surface area contributed by atoms with E-state index < -0.39 is 11.7 Å². The van der Waals surface area contributed by atoms with E-state index in [1.807, 2.05) is 11.8 Å². The standard InChI is InChI=1S/C21H25F3N4OS/c1-2-25-20(27-13-15-3-5-17(6-4-15)21(22,23)24)26-10-7-19(29)28-11-8-18-16(14-28)9-12-30-18/h3-6,9,12H,2,7-8,10-11,13-14H2,1H3,(H2,25,26,27). The van der Waals surface area contributed by atoms with Crippen LogP contribution in [0.1, 0.15) is 34.9 Å².